The molecule has 0 radical (unpaired) electrons. The van der Waals surface area contributed by atoms with Gasteiger partial charge in [-0.05, 0) is 36.4 Å². The van der Waals surface area contributed by atoms with Gasteiger partial charge >= 0.3 is 6.09 Å². The molecule has 2 N–H and O–H groups in total. The molecule has 2 aromatic carbocycles. The Morgan fingerprint density at radius 2 is 1.66 bits per heavy atom. The summed E-state index contributed by atoms with van der Waals surface area (Å²) in [4.78, 5) is 24.9. The Labute approximate surface area is 172 Å². The topological polar surface area (TPSA) is 102 Å². The van der Waals surface area contributed by atoms with E-state index in [9.17, 15) is 18.0 Å². The molecule has 0 atom stereocenters. The first-order chi connectivity index (χ1) is 13.9. The molecule has 7 nitrogen and oxygen atoms in total. The molecule has 3 rings (SSSR count). The second-order valence-electron chi connectivity index (χ2n) is 5.93. The number of ketones is 1. The number of nitrogens with one attached hydrogen (secondary N) is 2. The standard InChI is InChI=1S/C20H18N2O5S2/c1-27-20(24)22-15-7-10-17(11-8-15)29(25,26)21-13-16-9-12-18(28-16)19(23)14-5-3-2-4-6-14/h2-12,21H,13H2,1H3,(H,22,24). The third-order valence-corrected chi connectivity index (χ3v) is 6.46. The van der Waals surface area contributed by atoms with Crippen LogP contribution in [0.3, 0.4) is 0 Å². The molecule has 0 spiro atoms. The molecular formula is C20H18N2O5S2. The maximum atomic E-state index is 12.5. The van der Waals surface area contributed by atoms with Crippen molar-refractivity contribution in [3.8, 4) is 0 Å². The molecule has 150 valence electrons. The van der Waals surface area contributed by atoms with E-state index in [1.54, 1.807) is 36.4 Å². The Morgan fingerprint density at radius 1 is 0.966 bits per heavy atom. The number of thiophene rings is 1. The zero-order chi connectivity index (χ0) is 20.9. The monoisotopic (exact) mass is 430 g/mol. The molecule has 0 saturated heterocycles. The highest BCUT2D eigenvalue weighted by Gasteiger charge is 2.16. The second kappa shape index (κ2) is 8.99. The quantitative estimate of drug-likeness (QED) is 0.557. The largest absolute Gasteiger partial charge is 0.453 e. The second-order valence-corrected chi connectivity index (χ2v) is 8.86. The molecule has 1 amide bonds. The van der Waals surface area contributed by atoms with Gasteiger partial charge in [-0.15, -0.1) is 11.3 Å². The highest BCUT2D eigenvalue weighted by molar-refractivity contribution is 7.89. The van der Waals surface area contributed by atoms with Crippen LogP contribution in [0.15, 0.2) is 71.6 Å². The number of carbonyl (C=O) groups excluding carboxylic acids is 2. The predicted molar refractivity (Wildman–Crippen MR) is 111 cm³/mol. The van der Waals surface area contributed by atoms with E-state index in [-0.39, 0.29) is 17.2 Å². The number of anilines is 1. The van der Waals surface area contributed by atoms with Crippen molar-refractivity contribution in [3.05, 3.63) is 82.0 Å². The lowest BCUT2D eigenvalue weighted by Gasteiger charge is -2.07. The highest BCUT2D eigenvalue weighted by Crippen LogP contribution is 2.21. The molecule has 0 fully saturated rings. The van der Waals surface area contributed by atoms with Crippen LogP contribution in [0.1, 0.15) is 20.1 Å². The third-order valence-electron chi connectivity index (χ3n) is 3.95. The first-order valence-electron chi connectivity index (χ1n) is 8.52. The summed E-state index contributed by atoms with van der Waals surface area (Å²) >= 11 is 1.25. The van der Waals surface area contributed by atoms with Crippen molar-refractivity contribution in [3.63, 3.8) is 0 Å². The van der Waals surface area contributed by atoms with Crippen molar-refractivity contribution in [1.29, 1.82) is 0 Å². The summed E-state index contributed by atoms with van der Waals surface area (Å²) in [5.41, 5.74) is 1.00. The number of amides is 1. The Kier molecular flexibility index (Phi) is 6.42. The summed E-state index contributed by atoms with van der Waals surface area (Å²) in [7, 11) is -2.51. The normalized spacial score (nSPS) is 11.1. The molecule has 3 aromatic rings. The van der Waals surface area contributed by atoms with E-state index in [1.807, 2.05) is 6.07 Å². The van der Waals surface area contributed by atoms with Crippen LogP contribution in [0, 0.1) is 0 Å². The third kappa shape index (κ3) is 5.29. The fraction of sp³-hybridized carbons (Fsp3) is 0.100. The van der Waals surface area contributed by atoms with Gasteiger partial charge in [-0.2, -0.15) is 0 Å². The first-order valence-corrected chi connectivity index (χ1v) is 10.8. The maximum absolute atomic E-state index is 12.5. The van der Waals surface area contributed by atoms with E-state index < -0.39 is 16.1 Å². The summed E-state index contributed by atoms with van der Waals surface area (Å²) in [5, 5.41) is 2.45. The van der Waals surface area contributed by atoms with Crippen molar-refractivity contribution in [2.75, 3.05) is 12.4 Å². The van der Waals surface area contributed by atoms with Gasteiger partial charge in [-0.1, -0.05) is 30.3 Å². The zero-order valence-electron chi connectivity index (χ0n) is 15.4. The summed E-state index contributed by atoms with van der Waals surface area (Å²) in [5.74, 6) is -0.0987. The SMILES string of the molecule is COC(=O)Nc1ccc(S(=O)(=O)NCc2ccc(C(=O)c3ccccc3)s2)cc1. The molecule has 29 heavy (non-hydrogen) atoms. The van der Waals surface area contributed by atoms with Crippen LogP contribution in [-0.4, -0.2) is 27.4 Å². The lowest BCUT2D eigenvalue weighted by atomic mass is 10.1. The number of ether oxygens (including phenoxy) is 1. The van der Waals surface area contributed by atoms with Crippen LogP contribution in [0.2, 0.25) is 0 Å². The van der Waals surface area contributed by atoms with Gasteiger partial charge in [0, 0.05) is 22.7 Å². The number of methoxy groups -OCH3 is 1. The molecule has 0 unspecified atom stereocenters. The van der Waals surface area contributed by atoms with Crippen LogP contribution in [0.4, 0.5) is 10.5 Å². The van der Waals surface area contributed by atoms with Crippen molar-refractivity contribution in [1.82, 2.24) is 4.72 Å². The maximum Gasteiger partial charge on any atom is 0.411 e. The molecule has 0 saturated carbocycles. The average molecular weight is 431 g/mol. The van der Waals surface area contributed by atoms with Crippen LogP contribution in [0.5, 0.6) is 0 Å². The van der Waals surface area contributed by atoms with Gasteiger partial charge in [0.15, 0.2) is 0 Å². The minimum absolute atomic E-state index is 0.0602. The number of benzene rings is 2. The van der Waals surface area contributed by atoms with E-state index in [4.69, 9.17) is 0 Å². The van der Waals surface area contributed by atoms with Gasteiger partial charge in [0.1, 0.15) is 0 Å². The minimum atomic E-state index is -3.74. The molecular weight excluding hydrogens is 412 g/mol. The predicted octanol–water partition coefficient (Wildman–Crippen LogP) is 3.64. The van der Waals surface area contributed by atoms with E-state index in [1.165, 1.54) is 42.7 Å². The number of carbonyl (C=O) groups is 2. The Morgan fingerprint density at radius 3 is 2.31 bits per heavy atom. The smallest absolute Gasteiger partial charge is 0.411 e. The lowest BCUT2D eigenvalue weighted by molar-refractivity contribution is 0.104. The highest BCUT2D eigenvalue weighted by atomic mass is 32.2. The molecule has 1 heterocycles. The minimum Gasteiger partial charge on any atom is -0.453 e. The Hall–Kier alpha value is -3.01. The molecule has 0 aliphatic carbocycles. The molecule has 9 heteroatoms. The fourth-order valence-corrected chi connectivity index (χ4v) is 4.47. The zero-order valence-corrected chi connectivity index (χ0v) is 17.0. The van der Waals surface area contributed by atoms with Crippen molar-refractivity contribution in [2.24, 2.45) is 0 Å². The summed E-state index contributed by atoms with van der Waals surface area (Å²) < 4.78 is 31.9. The molecule has 0 bridgehead atoms. The lowest BCUT2D eigenvalue weighted by Crippen LogP contribution is -2.22. The van der Waals surface area contributed by atoms with Gasteiger partial charge in [-0.3, -0.25) is 10.1 Å². The van der Waals surface area contributed by atoms with Gasteiger partial charge in [0.25, 0.3) is 0 Å². The summed E-state index contributed by atoms with van der Waals surface area (Å²) in [6, 6.07) is 18.0. The van der Waals surface area contributed by atoms with Gasteiger partial charge < -0.3 is 4.74 Å². The number of hydrogen-bond donors (Lipinski definition) is 2. The number of hydrogen-bond acceptors (Lipinski definition) is 6. The fourth-order valence-electron chi connectivity index (χ4n) is 2.46. The van der Waals surface area contributed by atoms with Crippen LogP contribution in [0.25, 0.3) is 0 Å². The van der Waals surface area contributed by atoms with Crippen molar-refractivity contribution >= 4 is 38.9 Å². The van der Waals surface area contributed by atoms with Gasteiger partial charge in [0.2, 0.25) is 15.8 Å². The molecule has 0 aliphatic rings. The average Bonchev–Trinajstić information content (AvgIpc) is 3.22. The first kappa shape index (κ1) is 20.7. The summed E-state index contributed by atoms with van der Waals surface area (Å²) in [6.07, 6.45) is -0.641. The van der Waals surface area contributed by atoms with Crippen molar-refractivity contribution < 1.29 is 22.7 Å². The Balaban J connectivity index is 1.64. The van der Waals surface area contributed by atoms with E-state index in [0.717, 1.165) is 4.88 Å². The number of sulfonamides is 1. The van der Waals surface area contributed by atoms with Crippen LogP contribution in [-0.2, 0) is 21.3 Å². The van der Waals surface area contributed by atoms with E-state index >= 15 is 0 Å². The van der Waals surface area contributed by atoms with Gasteiger partial charge in [0.05, 0.1) is 16.9 Å². The van der Waals surface area contributed by atoms with Crippen molar-refractivity contribution in [2.45, 2.75) is 11.4 Å². The van der Waals surface area contributed by atoms with Crippen LogP contribution < -0.4 is 10.0 Å². The van der Waals surface area contributed by atoms with E-state index in [2.05, 4.69) is 14.8 Å². The van der Waals surface area contributed by atoms with Gasteiger partial charge in [-0.25, -0.2) is 17.9 Å². The van der Waals surface area contributed by atoms with E-state index in [0.29, 0.717) is 16.1 Å². The molecule has 1 aromatic heterocycles. The Bertz CT molecular complexity index is 1110. The summed E-state index contributed by atoms with van der Waals surface area (Å²) in [6.45, 7) is 0.0667. The van der Waals surface area contributed by atoms with Crippen LogP contribution >= 0.6 is 11.3 Å². The number of rotatable bonds is 7. The molecule has 0 aliphatic heterocycles.